The van der Waals surface area contributed by atoms with Crippen molar-refractivity contribution in [1.29, 1.82) is 0 Å². The van der Waals surface area contributed by atoms with Gasteiger partial charge in [0, 0.05) is 32.6 Å². The molecular formula is C20H28Cl2N2O3. The average molecular weight is 415 g/mol. The lowest BCUT2D eigenvalue weighted by atomic mass is 9.87. The molecule has 1 aliphatic rings. The van der Waals surface area contributed by atoms with E-state index < -0.39 is 4.84 Å². The predicted molar refractivity (Wildman–Crippen MR) is 109 cm³/mol. The van der Waals surface area contributed by atoms with Gasteiger partial charge in [0.05, 0.1) is 6.61 Å². The van der Waals surface area contributed by atoms with Gasteiger partial charge in [0.1, 0.15) is 5.75 Å². The predicted octanol–water partition coefficient (Wildman–Crippen LogP) is 3.62. The minimum atomic E-state index is -1.04. The number of ether oxygens (including phenoxy) is 1. The van der Waals surface area contributed by atoms with Crippen LogP contribution >= 0.6 is 23.2 Å². The third kappa shape index (κ3) is 6.58. The Balaban J connectivity index is 1.67. The molecule has 27 heavy (non-hydrogen) atoms. The van der Waals surface area contributed by atoms with Crippen LogP contribution in [0.5, 0.6) is 5.75 Å². The lowest BCUT2D eigenvalue weighted by Crippen LogP contribution is -2.51. The summed E-state index contributed by atoms with van der Waals surface area (Å²) in [6.45, 7) is 8.99. The second kappa shape index (κ2) is 9.65. The van der Waals surface area contributed by atoms with Crippen molar-refractivity contribution in [1.82, 2.24) is 9.80 Å². The number of nitrogens with zero attached hydrogens (tertiary/aromatic N) is 2. The summed E-state index contributed by atoms with van der Waals surface area (Å²) in [5.74, 6) is 0.609. The van der Waals surface area contributed by atoms with E-state index in [2.05, 4.69) is 32.9 Å². The molecule has 5 nitrogen and oxygen atoms in total. The van der Waals surface area contributed by atoms with Gasteiger partial charge < -0.3 is 14.5 Å². The van der Waals surface area contributed by atoms with Crippen LogP contribution in [0.1, 0.15) is 39.2 Å². The van der Waals surface area contributed by atoms with Gasteiger partial charge in [0.15, 0.2) is 4.84 Å². The molecular weight excluding hydrogens is 387 g/mol. The van der Waals surface area contributed by atoms with Crippen LogP contribution in [-0.2, 0) is 15.0 Å². The first-order valence-electron chi connectivity index (χ1n) is 9.26. The van der Waals surface area contributed by atoms with Gasteiger partial charge >= 0.3 is 0 Å². The van der Waals surface area contributed by atoms with Crippen LogP contribution in [0, 0.1) is 0 Å². The molecule has 0 radical (unpaired) electrons. The summed E-state index contributed by atoms with van der Waals surface area (Å²) in [4.78, 5) is 26.4. The van der Waals surface area contributed by atoms with Gasteiger partial charge in [-0.15, -0.1) is 0 Å². The lowest BCUT2D eigenvalue weighted by molar-refractivity contribution is -0.138. The van der Waals surface area contributed by atoms with Crippen molar-refractivity contribution >= 4 is 35.0 Å². The highest BCUT2D eigenvalue weighted by atomic mass is 35.5. The Morgan fingerprint density at radius 2 is 1.59 bits per heavy atom. The minimum Gasteiger partial charge on any atom is -0.494 e. The van der Waals surface area contributed by atoms with E-state index in [0.717, 1.165) is 5.75 Å². The average Bonchev–Trinajstić information content (AvgIpc) is 2.64. The fourth-order valence-electron chi connectivity index (χ4n) is 2.94. The summed E-state index contributed by atoms with van der Waals surface area (Å²) in [5.41, 5.74) is 1.38. The van der Waals surface area contributed by atoms with Crippen LogP contribution in [0.15, 0.2) is 24.3 Å². The third-order valence-corrected chi connectivity index (χ3v) is 5.03. The van der Waals surface area contributed by atoms with E-state index in [1.54, 1.807) is 9.80 Å². The normalized spacial score (nSPS) is 15.2. The Morgan fingerprint density at radius 1 is 1.04 bits per heavy atom. The van der Waals surface area contributed by atoms with Crippen molar-refractivity contribution in [2.75, 3.05) is 32.8 Å². The van der Waals surface area contributed by atoms with Gasteiger partial charge in [0.2, 0.25) is 5.91 Å². The van der Waals surface area contributed by atoms with Crippen molar-refractivity contribution in [3.05, 3.63) is 29.8 Å². The largest absolute Gasteiger partial charge is 0.494 e. The molecule has 0 aromatic heterocycles. The zero-order valence-electron chi connectivity index (χ0n) is 16.2. The first kappa shape index (κ1) is 21.8. The zero-order chi connectivity index (χ0) is 20.0. The van der Waals surface area contributed by atoms with Gasteiger partial charge in [-0.1, -0.05) is 56.1 Å². The minimum absolute atomic E-state index is 0.0853. The summed E-state index contributed by atoms with van der Waals surface area (Å²) in [7, 11) is 0. The number of alkyl halides is 2. The van der Waals surface area contributed by atoms with Gasteiger partial charge in [-0.3, -0.25) is 9.59 Å². The monoisotopic (exact) mass is 414 g/mol. The first-order chi connectivity index (χ1) is 12.7. The summed E-state index contributed by atoms with van der Waals surface area (Å²) >= 11 is 11.2. The van der Waals surface area contributed by atoms with Crippen LogP contribution < -0.4 is 4.74 Å². The molecule has 0 N–H and O–H groups in total. The number of amides is 2. The zero-order valence-corrected chi connectivity index (χ0v) is 17.7. The Morgan fingerprint density at radius 3 is 2.11 bits per heavy atom. The molecule has 2 amide bonds. The molecule has 1 fully saturated rings. The number of piperazine rings is 1. The second-order valence-electron chi connectivity index (χ2n) is 7.73. The summed E-state index contributed by atoms with van der Waals surface area (Å²) < 4.78 is 5.73. The Labute approximate surface area is 171 Å². The molecule has 0 atom stereocenters. The molecule has 150 valence electrons. The molecule has 1 heterocycles. The molecule has 0 saturated carbocycles. The molecule has 1 aromatic rings. The maximum absolute atomic E-state index is 12.3. The van der Waals surface area contributed by atoms with Crippen LogP contribution in [0.3, 0.4) is 0 Å². The Kier molecular flexibility index (Phi) is 7.80. The van der Waals surface area contributed by atoms with E-state index >= 15 is 0 Å². The van der Waals surface area contributed by atoms with E-state index in [4.69, 9.17) is 27.9 Å². The molecule has 2 rings (SSSR count). The van der Waals surface area contributed by atoms with Crippen LogP contribution in [0.4, 0.5) is 0 Å². The van der Waals surface area contributed by atoms with E-state index in [1.807, 2.05) is 12.1 Å². The first-order valence-corrected chi connectivity index (χ1v) is 10.1. The molecule has 7 heteroatoms. The summed E-state index contributed by atoms with van der Waals surface area (Å²) in [6.07, 6.45) is 1.09. The Bertz CT molecular complexity index is 634. The number of hydrogen-bond acceptors (Lipinski definition) is 3. The molecule has 1 aromatic carbocycles. The topological polar surface area (TPSA) is 49.9 Å². The highest BCUT2D eigenvalue weighted by Gasteiger charge is 2.26. The van der Waals surface area contributed by atoms with Crippen LogP contribution in [0.2, 0.25) is 0 Å². The standard InChI is InChI=1S/C20H28Cl2N2O3/c1-20(2,3)15-6-8-16(9-7-15)27-14-4-5-17(25)23-10-12-24(13-11-23)19(26)18(21)22/h6-9,18H,4-5,10-14H2,1-3H3. The number of halogens is 2. The summed E-state index contributed by atoms with van der Waals surface area (Å²) in [6, 6.07) is 8.10. The van der Waals surface area contributed by atoms with Crippen LogP contribution in [0.25, 0.3) is 0 Å². The number of carbonyl (C=O) groups is 2. The van der Waals surface area contributed by atoms with Crippen molar-refractivity contribution in [3.8, 4) is 5.75 Å². The molecule has 0 spiro atoms. The van der Waals surface area contributed by atoms with Crippen molar-refractivity contribution in [2.24, 2.45) is 0 Å². The highest BCUT2D eigenvalue weighted by Crippen LogP contribution is 2.24. The second-order valence-corrected chi connectivity index (χ2v) is 8.83. The number of benzene rings is 1. The van der Waals surface area contributed by atoms with Crippen molar-refractivity contribution in [3.63, 3.8) is 0 Å². The molecule has 1 aliphatic heterocycles. The van der Waals surface area contributed by atoms with Crippen molar-refractivity contribution < 1.29 is 14.3 Å². The van der Waals surface area contributed by atoms with E-state index in [1.165, 1.54) is 5.56 Å². The number of carbonyl (C=O) groups excluding carboxylic acids is 2. The third-order valence-electron chi connectivity index (χ3n) is 4.65. The molecule has 0 unspecified atom stereocenters. The maximum atomic E-state index is 12.3. The summed E-state index contributed by atoms with van der Waals surface area (Å²) in [5, 5.41) is 0. The molecule has 0 bridgehead atoms. The van der Waals surface area contributed by atoms with E-state index in [-0.39, 0.29) is 17.2 Å². The maximum Gasteiger partial charge on any atom is 0.255 e. The smallest absolute Gasteiger partial charge is 0.255 e. The van der Waals surface area contributed by atoms with Crippen LogP contribution in [-0.4, -0.2) is 59.2 Å². The van der Waals surface area contributed by atoms with Gasteiger partial charge in [-0.05, 0) is 29.5 Å². The van der Waals surface area contributed by atoms with Crippen molar-refractivity contribution in [2.45, 2.75) is 43.9 Å². The van der Waals surface area contributed by atoms with E-state index in [9.17, 15) is 9.59 Å². The Hall–Kier alpha value is -1.46. The van der Waals surface area contributed by atoms with Gasteiger partial charge in [0.25, 0.3) is 5.91 Å². The fourth-order valence-corrected chi connectivity index (χ4v) is 3.21. The molecule has 0 aliphatic carbocycles. The lowest BCUT2D eigenvalue weighted by Gasteiger charge is -2.35. The number of rotatable bonds is 6. The molecule has 1 saturated heterocycles. The highest BCUT2D eigenvalue weighted by molar-refractivity contribution is 6.53. The number of hydrogen-bond donors (Lipinski definition) is 0. The fraction of sp³-hybridized carbons (Fsp3) is 0.600. The van der Waals surface area contributed by atoms with Gasteiger partial charge in [-0.25, -0.2) is 0 Å². The van der Waals surface area contributed by atoms with Gasteiger partial charge in [-0.2, -0.15) is 0 Å². The SMILES string of the molecule is CC(C)(C)c1ccc(OCCCC(=O)N2CCN(C(=O)C(Cl)Cl)CC2)cc1. The quantitative estimate of drug-likeness (QED) is 0.527. The van der Waals surface area contributed by atoms with E-state index in [0.29, 0.717) is 45.6 Å².